The first kappa shape index (κ1) is 24.7. The number of para-hydroxylation sites is 2. The Bertz CT molecular complexity index is 2690. The minimum Gasteiger partial charge on any atom is -0.355 e. The van der Waals surface area contributed by atoms with Crippen LogP contribution in [0.1, 0.15) is 25.0 Å². The number of nitrogens with one attached hydrogen (secondary N) is 1. The highest BCUT2D eigenvalue weighted by atomic mass is 15.2. The number of aromatic nitrogens is 4. The number of hydrogen-bond donors (Lipinski definition) is 1. The van der Waals surface area contributed by atoms with Gasteiger partial charge in [0.25, 0.3) is 0 Å². The summed E-state index contributed by atoms with van der Waals surface area (Å²) in [6.45, 7) is 4.61. The van der Waals surface area contributed by atoms with E-state index < -0.39 is 0 Å². The van der Waals surface area contributed by atoms with Crippen LogP contribution < -0.4 is 0 Å². The number of rotatable bonds is 2. The zero-order chi connectivity index (χ0) is 29.9. The van der Waals surface area contributed by atoms with Gasteiger partial charge in [-0.25, -0.2) is 9.97 Å². The van der Waals surface area contributed by atoms with Crippen molar-refractivity contribution in [1.82, 2.24) is 19.5 Å². The Hall–Kier alpha value is -5.74. The van der Waals surface area contributed by atoms with Crippen LogP contribution in [0.3, 0.4) is 0 Å². The van der Waals surface area contributed by atoms with Crippen molar-refractivity contribution in [3.05, 3.63) is 139 Å². The number of nitrogens with zero attached hydrogens (tertiary/aromatic N) is 3. The molecule has 0 bridgehead atoms. The first-order valence-electron chi connectivity index (χ1n) is 15.5. The molecule has 1 aliphatic carbocycles. The van der Waals surface area contributed by atoms with Crippen molar-refractivity contribution in [2.75, 3.05) is 0 Å². The highest BCUT2D eigenvalue weighted by Gasteiger charge is 2.34. The van der Waals surface area contributed by atoms with Gasteiger partial charge in [-0.1, -0.05) is 98.8 Å². The lowest BCUT2D eigenvalue weighted by molar-refractivity contribution is 0.643. The molecule has 0 unspecified atom stereocenters. The van der Waals surface area contributed by atoms with Crippen molar-refractivity contribution in [3.63, 3.8) is 0 Å². The Labute approximate surface area is 259 Å². The van der Waals surface area contributed by atoms with Crippen LogP contribution in [-0.2, 0) is 5.41 Å². The molecular formula is C41H28N4. The van der Waals surface area contributed by atoms with Crippen LogP contribution in [0.25, 0.3) is 82.8 Å². The van der Waals surface area contributed by atoms with E-state index in [0.29, 0.717) is 5.95 Å². The number of hydrogen-bond acceptors (Lipinski definition) is 2. The van der Waals surface area contributed by atoms with Crippen LogP contribution in [0, 0.1) is 0 Å². The quantitative estimate of drug-likeness (QED) is 0.223. The summed E-state index contributed by atoms with van der Waals surface area (Å²) in [5, 5.41) is 6.02. The van der Waals surface area contributed by atoms with Crippen LogP contribution in [0.2, 0.25) is 0 Å². The molecule has 6 aromatic carbocycles. The summed E-state index contributed by atoms with van der Waals surface area (Å²) in [5.41, 5.74) is 12.5. The maximum atomic E-state index is 5.37. The van der Waals surface area contributed by atoms with Gasteiger partial charge in [-0.2, -0.15) is 0 Å². The van der Waals surface area contributed by atoms with Gasteiger partial charge in [0.15, 0.2) is 0 Å². The molecule has 0 atom stereocenters. The molecule has 0 saturated carbocycles. The normalized spacial score (nSPS) is 13.7. The van der Waals surface area contributed by atoms with Gasteiger partial charge in [-0.3, -0.25) is 4.57 Å². The lowest BCUT2D eigenvalue weighted by Gasteiger charge is -2.34. The number of fused-ring (bicyclic) bond motifs is 8. The fraction of sp³-hybridized carbons (Fsp3) is 0.0732. The zero-order valence-corrected chi connectivity index (χ0v) is 25.0. The molecule has 45 heavy (non-hydrogen) atoms. The number of aromatic amines is 1. The third-order valence-electron chi connectivity index (χ3n) is 9.95. The van der Waals surface area contributed by atoms with Crippen molar-refractivity contribution in [1.29, 1.82) is 0 Å². The van der Waals surface area contributed by atoms with Crippen molar-refractivity contribution in [2.24, 2.45) is 0 Å². The Balaban J connectivity index is 1.22. The van der Waals surface area contributed by atoms with E-state index in [9.17, 15) is 0 Å². The van der Waals surface area contributed by atoms with Crippen LogP contribution in [-0.4, -0.2) is 19.5 Å². The Morgan fingerprint density at radius 2 is 1.24 bits per heavy atom. The second kappa shape index (κ2) is 8.67. The maximum Gasteiger partial charge on any atom is 0.235 e. The van der Waals surface area contributed by atoms with Crippen LogP contribution in [0.15, 0.2) is 127 Å². The van der Waals surface area contributed by atoms with Crippen LogP contribution in [0.5, 0.6) is 0 Å². The van der Waals surface area contributed by atoms with Gasteiger partial charge in [0.2, 0.25) is 5.95 Å². The molecule has 0 fully saturated rings. The van der Waals surface area contributed by atoms with Gasteiger partial charge in [-0.15, -0.1) is 0 Å². The average Bonchev–Trinajstić information content (AvgIpc) is 3.62. The Kier molecular flexibility index (Phi) is 4.76. The molecule has 9 aromatic rings. The third kappa shape index (κ3) is 3.31. The van der Waals surface area contributed by atoms with E-state index in [1.807, 2.05) is 0 Å². The Morgan fingerprint density at radius 1 is 0.556 bits per heavy atom. The molecule has 3 heterocycles. The predicted molar refractivity (Wildman–Crippen MR) is 186 cm³/mol. The summed E-state index contributed by atoms with van der Waals surface area (Å²) in [6, 6.07) is 45.8. The van der Waals surface area contributed by atoms with E-state index in [1.54, 1.807) is 0 Å². The molecule has 4 nitrogen and oxygen atoms in total. The minimum atomic E-state index is -0.132. The number of H-pyrrole nitrogens is 1. The van der Waals surface area contributed by atoms with Crippen molar-refractivity contribution in [2.45, 2.75) is 19.3 Å². The van der Waals surface area contributed by atoms with Crippen molar-refractivity contribution in [3.8, 4) is 28.3 Å². The molecule has 0 amide bonds. The highest BCUT2D eigenvalue weighted by molar-refractivity contribution is 6.12. The van der Waals surface area contributed by atoms with E-state index >= 15 is 0 Å². The van der Waals surface area contributed by atoms with E-state index in [2.05, 4.69) is 151 Å². The van der Waals surface area contributed by atoms with Gasteiger partial charge in [0, 0.05) is 48.9 Å². The number of benzene rings is 6. The first-order valence-corrected chi connectivity index (χ1v) is 15.5. The second-order valence-electron chi connectivity index (χ2n) is 12.8. The van der Waals surface area contributed by atoms with Gasteiger partial charge in [0.1, 0.15) is 0 Å². The van der Waals surface area contributed by atoms with E-state index in [-0.39, 0.29) is 5.41 Å². The molecule has 3 aromatic heterocycles. The summed E-state index contributed by atoms with van der Waals surface area (Å²) in [7, 11) is 0. The van der Waals surface area contributed by atoms with Gasteiger partial charge in [-0.05, 0) is 64.7 Å². The molecule has 1 aliphatic rings. The van der Waals surface area contributed by atoms with E-state index in [1.165, 1.54) is 49.4 Å². The maximum absolute atomic E-state index is 5.37. The van der Waals surface area contributed by atoms with Crippen molar-refractivity contribution >= 4 is 54.5 Å². The lowest BCUT2D eigenvalue weighted by atomic mass is 9.70. The molecule has 0 aliphatic heterocycles. The summed E-state index contributed by atoms with van der Waals surface area (Å²) < 4.78 is 2.24. The molecule has 0 spiro atoms. The lowest BCUT2D eigenvalue weighted by Crippen LogP contribution is -2.24. The Morgan fingerprint density at radius 3 is 2.16 bits per heavy atom. The first-order chi connectivity index (χ1) is 22.1. The molecule has 0 saturated heterocycles. The molecular weight excluding hydrogens is 548 g/mol. The third-order valence-corrected chi connectivity index (χ3v) is 9.95. The molecule has 10 rings (SSSR count). The average molecular weight is 577 g/mol. The summed E-state index contributed by atoms with van der Waals surface area (Å²) in [5.74, 6) is 0.698. The van der Waals surface area contributed by atoms with Crippen LogP contribution >= 0.6 is 0 Å². The summed E-state index contributed by atoms with van der Waals surface area (Å²) in [6.07, 6.45) is 0. The van der Waals surface area contributed by atoms with Gasteiger partial charge >= 0.3 is 0 Å². The van der Waals surface area contributed by atoms with Gasteiger partial charge < -0.3 is 4.98 Å². The summed E-state index contributed by atoms with van der Waals surface area (Å²) >= 11 is 0. The molecule has 1 N–H and O–H groups in total. The van der Waals surface area contributed by atoms with Gasteiger partial charge in [0.05, 0.1) is 22.2 Å². The molecule has 212 valence electrons. The second-order valence-corrected chi connectivity index (χ2v) is 12.8. The topological polar surface area (TPSA) is 46.5 Å². The predicted octanol–water partition coefficient (Wildman–Crippen LogP) is 10.3. The fourth-order valence-electron chi connectivity index (χ4n) is 7.76. The van der Waals surface area contributed by atoms with E-state index in [0.717, 1.165) is 38.7 Å². The smallest absolute Gasteiger partial charge is 0.235 e. The monoisotopic (exact) mass is 576 g/mol. The SMILES string of the molecule is CC1(C)c2ccccc2-c2nc(-n3c4ccccc4c4cc(-c5ccc6[nH]c7ccccc7c6c5)ccc43)nc3cccc1c23. The standard InChI is InChI=1S/C41H28N4/c1-41(2)31-13-6-3-12-28(31)39-38-32(41)14-9-16-35(38)43-40(44-39)45-36-17-8-5-11-27(36)30-23-25(19-21-37(30)45)24-18-20-34-29(22-24)26-10-4-7-15-33(26)42-34/h3-23,42H,1-2H3. The summed E-state index contributed by atoms with van der Waals surface area (Å²) in [4.78, 5) is 14.2. The molecule has 0 radical (unpaired) electrons. The minimum absolute atomic E-state index is 0.132. The fourth-order valence-corrected chi connectivity index (χ4v) is 7.76. The van der Waals surface area contributed by atoms with E-state index in [4.69, 9.17) is 9.97 Å². The van der Waals surface area contributed by atoms with Crippen LogP contribution in [0.4, 0.5) is 0 Å². The largest absolute Gasteiger partial charge is 0.355 e. The zero-order valence-electron chi connectivity index (χ0n) is 25.0. The molecule has 4 heteroatoms. The van der Waals surface area contributed by atoms with Crippen molar-refractivity contribution < 1.29 is 0 Å². The highest BCUT2D eigenvalue weighted by Crippen LogP contribution is 2.48.